The Morgan fingerprint density at radius 1 is 1.26 bits per heavy atom. The van der Waals surface area contributed by atoms with Gasteiger partial charge in [-0.3, -0.25) is 0 Å². The van der Waals surface area contributed by atoms with Crippen molar-refractivity contribution in [2.75, 3.05) is 0 Å². The first kappa shape index (κ1) is 13.9. The standard InChI is InChI=1S/C13H16F3N3/c1-7(8(2)17)12-18-10-6-9(13(14,15)16)4-5-11(10)19(12)3/h4-8H,17H2,1-3H3. The summed E-state index contributed by atoms with van der Waals surface area (Å²) in [4.78, 5) is 4.29. The maximum absolute atomic E-state index is 12.7. The number of imidazole rings is 1. The number of aryl methyl sites for hydroxylation is 1. The van der Waals surface area contributed by atoms with Crippen LogP contribution in [0.1, 0.15) is 31.2 Å². The third kappa shape index (κ3) is 2.45. The van der Waals surface area contributed by atoms with Gasteiger partial charge in [0.25, 0.3) is 0 Å². The minimum atomic E-state index is -4.35. The van der Waals surface area contributed by atoms with Crippen LogP contribution < -0.4 is 5.73 Å². The number of fused-ring (bicyclic) bond motifs is 1. The Bertz CT molecular complexity index is 599. The fourth-order valence-corrected chi connectivity index (χ4v) is 2.04. The molecular formula is C13H16F3N3. The molecule has 104 valence electrons. The molecule has 2 unspecified atom stereocenters. The summed E-state index contributed by atoms with van der Waals surface area (Å²) in [5, 5.41) is 0. The molecule has 1 aromatic heterocycles. The lowest BCUT2D eigenvalue weighted by Crippen LogP contribution is -2.24. The number of rotatable bonds is 2. The van der Waals surface area contributed by atoms with E-state index in [1.165, 1.54) is 6.07 Å². The summed E-state index contributed by atoms with van der Waals surface area (Å²) in [5.74, 6) is 0.677. The number of benzene rings is 1. The summed E-state index contributed by atoms with van der Waals surface area (Å²) < 4.78 is 39.8. The average molecular weight is 271 g/mol. The van der Waals surface area contributed by atoms with E-state index in [2.05, 4.69) is 4.98 Å². The first-order chi connectivity index (χ1) is 8.71. The summed E-state index contributed by atoms with van der Waals surface area (Å²) >= 11 is 0. The van der Waals surface area contributed by atoms with Crippen LogP contribution in [0.5, 0.6) is 0 Å². The van der Waals surface area contributed by atoms with E-state index in [-0.39, 0.29) is 12.0 Å². The van der Waals surface area contributed by atoms with Gasteiger partial charge >= 0.3 is 6.18 Å². The summed E-state index contributed by atoms with van der Waals surface area (Å²) in [5.41, 5.74) is 6.17. The molecule has 0 aliphatic heterocycles. The van der Waals surface area contributed by atoms with Crippen LogP contribution in [0.2, 0.25) is 0 Å². The lowest BCUT2D eigenvalue weighted by molar-refractivity contribution is -0.137. The molecule has 2 N–H and O–H groups in total. The molecule has 0 spiro atoms. The topological polar surface area (TPSA) is 43.8 Å². The highest BCUT2D eigenvalue weighted by Gasteiger charge is 2.31. The van der Waals surface area contributed by atoms with Gasteiger partial charge in [-0.1, -0.05) is 6.92 Å². The van der Waals surface area contributed by atoms with E-state index in [0.29, 0.717) is 16.9 Å². The summed E-state index contributed by atoms with van der Waals surface area (Å²) in [6.45, 7) is 3.77. The molecule has 0 aliphatic rings. The van der Waals surface area contributed by atoms with Crippen molar-refractivity contribution in [2.24, 2.45) is 12.8 Å². The first-order valence-electron chi connectivity index (χ1n) is 6.01. The molecule has 2 rings (SSSR count). The molecule has 19 heavy (non-hydrogen) atoms. The number of hydrogen-bond acceptors (Lipinski definition) is 2. The monoisotopic (exact) mass is 271 g/mol. The van der Waals surface area contributed by atoms with Crippen molar-refractivity contribution in [1.82, 2.24) is 9.55 Å². The molecule has 0 radical (unpaired) electrons. The fraction of sp³-hybridized carbons (Fsp3) is 0.462. The molecule has 0 saturated carbocycles. The molecule has 6 heteroatoms. The Hall–Kier alpha value is -1.56. The lowest BCUT2D eigenvalue weighted by Gasteiger charge is -2.14. The predicted octanol–water partition coefficient (Wildman–Crippen LogP) is 3.04. The van der Waals surface area contributed by atoms with E-state index >= 15 is 0 Å². The van der Waals surface area contributed by atoms with E-state index in [1.54, 1.807) is 11.6 Å². The molecule has 0 bridgehead atoms. The van der Waals surface area contributed by atoms with Gasteiger partial charge in [0.15, 0.2) is 0 Å². The van der Waals surface area contributed by atoms with Crippen LogP contribution in [0.4, 0.5) is 13.2 Å². The minimum Gasteiger partial charge on any atom is -0.331 e. The largest absolute Gasteiger partial charge is 0.416 e. The third-order valence-electron chi connectivity index (χ3n) is 3.44. The van der Waals surface area contributed by atoms with Crippen LogP contribution in [0, 0.1) is 0 Å². The number of hydrogen-bond donors (Lipinski definition) is 1. The quantitative estimate of drug-likeness (QED) is 0.912. The van der Waals surface area contributed by atoms with Gasteiger partial charge in [0.2, 0.25) is 0 Å². The molecule has 0 amide bonds. The molecule has 3 nitrogen and oxygen atoms in total. The second-order valence-electron chi connectivity index (χ2n) is 4.88. The van der Waals surface area contributed by atoms with E-state index < -0.39 is 11.7 Å². The Kier molecular flexibility index (Phi) is 3.30. The van der Waals surface area contributed by atoms with Gasteiger partial charge in [-0.2, -0.15) is 13.2 Å². The van der Waals surface area contributed by atoms with Crippen molar-refractivity contribution in [3.8, 4) is 0 Å². The lowest BCUT2D eigenvalue weighted by atomic mass is 10.0. The Balaban J connectivity index is 2.57. The van der Waals surface area contributed by atoms with E-state index in [0.717, 1.165) is 12.1 Å². The molecule has 0 fully saturated rings. The Morgan fingerprint density at radius 2 is 1.89 bits per heavy atom. The van der Waals surface area contributed by atoms with E-state index in [9.17, 15) is 13.2 Å². The highest BCUT2D eigenvalue weighted by molar-refractivity contribution is 5.77. The third-order valence-corrected chi connectivity index (χ3v) is 3.44. The zero-order valence-corrected chi connectivity index (χ0v) is 11.0. The zero-order chi connectivity index (χ0) is 14.4. The van der Waals surface area contributed by atoms with Gasteiger partial charge in [-0.05, 0) is 25.1 Å². The predicted molar refractivity (Wildman–Crippen MR) is 67.8 cm³/mol. The van der Waals surface area contributed by atoms with Gasteiger partial charge in [0, 0.05) is 19.0 Å². The van der Waals surface area contributed by atoms with Crippen molar-refractivity contribution >= 4 is 11.0 Å². The van der Waals surface area contributed by atoms with Crippen molar-refractivity contribution in [3.63, 3.8) is 0 Å². The number of nitrogens with two attached hydrogens (primary N) is 1. The van der Waals surface area contributed by atoms with Crippen LogP contribution in [0.15, 0.2) is 18.2 Å². The number of halogens is 3. The molecule has 1 aromatic carbocycles. The second-order valence-corrected chi connectivity index (χ2v) is 4.88. The molecule has 0 saturated heterocycles. The molecule has 0 aliphatic carbocycles. The second kappa shape index (κ2) is 4.52. The van der Waals surface area contributed by atoms with Crippen LogP contribution in [0.3, 0.4) is 0 Å². The van der Waals surface area contributed by atoms with Gasteiger partial charge in [-0.15, -0.1) is 0 Å². The van der Waals surface area contributed by atoms with Crippen LogP contribution in [0.25, 0.3) is 11.0 Å². The molecule has 1 heterocycles. The van der Waals surface area contributed by atoms with Gasteiger partial charge in [-0.25, -0.2) is 4.98 Å². The molecule has 2 aromatic rings. The van der Waals surface area contributed by atoms with Crippen molar-refractivity contribution < 1.29 is 13.2 Å². The highest BCUT2D eigenvalue weighted by atomic mass is 19.4. The SMILES string of the molecule is CC(N)C(C)c1nc2cc(C(F)(F)F)ccc2n1C. The van der Waals surface area contributed by atoms with Gasteiger partial charge in [0.1, 0.15) is 5.82 Å². The summed E-state index contributed by atoms with van der Waals surface area (Å²) in [6.07, 6.45) is -4.35. The van der Waals surface area contributed by atoms with Crippen molar-refractivity contribution in [3.05, 3.63) is 29.6 Å². The number of aromatic nitrogens is 2. The van der Waals surface area contributed by atoms with E-state index in [4.69, 9.17) is 5.73 Å². The normalized spacial score (nSPS) is 15.7. The molecule has 2 atom stereocenters. The summed E-state index contributed by atoms with van der Waals surface area (Å²) in [6, 6.07) is 3.48. The highest BCUT2D eigenvalue weighted by Crippen LogP contribution is 2.32. The smallest absolute Gasteiger partial charge is 0.331 e. The van der Waals surface area contributed by atoms with Crippen LogP contribution >= 0.6 is 0 Å². The number of alkyl halides is 3. The maximum Gasteiger partial charge on any atom is 0.416 e. The Morgan fingerprint density at radius 3 is 2.42 bits per heavy atom. The summed E-state index contributed by atoms with van der Waals surface area (Å²) in [7, 11) is 1.79. The maximum atomic E-state index is 12.7. The van der Waals surface area contributed by atoms with Gasteiger partial charge < -0.3 is 10.3 Å². The van der Waals surface area contributed by atoms with Crippen LogP contribution in [-0.2, 0) is 13.2 Å². The Labute approximate surface area is 109 Å². The fourth-order valence-electron chi connectivity index (χ4n) is 2.04. The van der Waals surface area contributed by atoms with Crippen molar-refractivity contribution in [1.29, 1.82) is 0 Å². The number of nitrogens with zero attached hydrogens (tertiary/aromatic N) is 2. The molecular weight excluding hydrogens is 255 g/mol. The van der Waals surface area contributed by atoms with Crippen molar-refractivity contribution in [2.45, 2.75) is 32.0 Å². The van der Waals surface area contributed by atoms with E-state index in [1.807, 2.05) is 13.8 Å². The zero-order valence-electron chi connectivity index (χ0n) is 11.0. The minimum absolute atomic E-state index is 0.0215. The average Bonchev–Trinajstić information content (AvgIpc) is 2.64. The van der Waals surface area contributed by atoms with Crippen LogP contribution in [-0.4, -0.2) is 15.6 Å². The first-order valence-corrected chi connectivity index (χ1v) is 6.01. The van der Waals surface area contributed by atoms with Gasteiger partial charge in [0.05, 0.1) is 16.6 Å².